The van der Waals surface area contributed by atoms with Gasteiger partial charge in [0.25, 0.3) is 5.91 Å². The van der Waals surface area contributed by atoms with Crippen LogP contribution in [0.15, 0.2) is 46.8 Å². The van der Waals surface area contributed by atoms with Gasteiger partial charge in [0.05, 0.1) is 4.91 Å². The molecule has 3 heterocycles. The van der Waals surface area contributed by atoms with Gasteiger partial charge in [-0.3, -0.25) is 14.5 Å². The standard InChI is InChI=1S/C21H18FN3O2S3/c1-12(25-20(27)18(30-21(25)28)10-15-3-2-8-29-15)19(26)23-7-6-13-11-24-17-5-4-14(22)9-16(13)17/h2-5,8-12,24H,6-7H2,1H3,(H,23,26)/b18-10+. The van der Waals surface area contributed by atoms with Crippen molar-refractivity contribution in [1.82, 2.24) is 15.2 Å². The molecule has 9 heteroatoms. The Morgan fingerprint density at radius 1 is 1.40 bits per heavy atom. The van der Waals surface area contributed by atoms with Gasteiger partial charge in [-0.1, -0.05) is 30.0 Å². The van der Waals surface area contributed by atoms with E-state index in [9.17, 15) is 14.0 Å². The number of rotatable bonds is 6. The molecule has 0 bridgehead atoms. The van der Waals surface area contributed by atoms with Gasteiger partial charge in [0.1, 0.15) is 16.2 Å². The largest absolute Gasteiger partial charge is 0.361 e. The Balaban J connectivity index is 1.38. The van der Waals surface area contributed by atoms with Gasteiger partial charge in [-0.05, 0) is 54.6 Å². The van der Waals surface area contributed by atoms with Crippen molar-refractivity contribution in [3.05, 3.63) is 63.1 Å². The first-order valence-corrected chi connectivity index (χ1v) is 11.4. The minimum absolute atomic E-state index is 0.256. The molecule has 30 heavy (non-hydrogen) atoms. The zero-order valence-corrected chi connectivity index (χ0v) is 18.4. The van der Waals surface area contributed by atoms with Crippen LogP contribution in [0.5, 0.6) is 0 Å². The van der Waals surface area contributed by atoms with E-state index in [0.29, 0.717) is 22.2 Å². The Kier molecular flexibility index (Phi) is 6.03. The molecule has 0 saturated carbocycles. The van der Waals surface area contributed by atoms with Gasteiger partial charge in [-0.15, -0.1) is 11.3 Å². The number of amides is 2. The Labute approximate surface area is 186 Å². The number of thioether (sulfide) groups is 1. The van der Waals surface area contributed by atoms with Crippen molar-refractivity contribution in [2.45, 2.75) is 19.4 Å². The smallest absolute Gasteiger partial charge is 0.266 e. The Morgan fingerprint density at radius 3 is 3.00 bits per heavy atom. The highest BCUT2D eigenvalue weighted by molar-refractivity contribution is 8.26. The number of H-pyrrole nitrogens is 1. The van der Waals surface area contributed by atoms with Gasteiger partial charge in [0.2, 0.25) is 5.91 Å². The molecule has 1 unspecified atom stereocenters. The topological polar surface area (TPSA) is 65.2 Å². The third kappa shape index (κ3) is 4.19. The highest BCUT2D eigenvalue weighted by Crippen LogP contribution is 2.34. The number of thiophene rings is 1. The number of carbonyl (C=O) groups is 2. The van der Waals surface area contributed by atoms with Crippen LogP contribution in [0.2, 0.25) is 0 Å². The molecule has 0 radical (unpaired) electrons. The lowest BCUT2D eigenvalue weighted by molar-refractivity contribution is -0.132. The molecule has 154 valence electrons. The molecule has 0 aliphatic carbocycles. The molecule has 1 aromatic carbocycles. The van der Waals surface area contributed by atoms with Gasteiger partial charge in [-0.2, -0.15) is 0 Å². The summed E-state index contributed by atoms with van der Waals surface area (Å²) in [6.07, 6.45) is 4.15. The number of aromatic nitrogens is 1. The fourth-order valence-electron chi connectivity index (χ4n) is 3.26. The Bertz CT molecular complexity index is 1150. The lowest BCUT2D eigenvalue weighted by atomic mass is 10.1. The number of aromatic amines is 1. The van der Waals surface area contributed by atoms with Gasteiger partial charge in [-0.25, -0.2) is 4.39 Å². The summed E-state index contributed by atoms with van der Waals surface area (Å²) < 4.78 is 13.9. The lowest BCUT2D eigenvalue weighted by Gasteiger charge is -2.22. The summed E-state index contributed by atoms with van der Waals surface area (Å²) in [5.74, 6) is -0.839. The minimum atomic E-state index is -0.716. The second kappa shape index (κ2) is 8.71. The molecule has 5 nitrogen and oxygen atoms in total. The molecule has 1 fully saturated rings. The number of benzene rings is 1. The SMILES string of the molecule is CC(C(=O)NCCc1c[nH]c2ccc(F)cc12)N1C(=O)/C(=C\c2cccs2)SC1=S. The zero-order chi connectivity index (χ0) is 21.3. The molecule has 2 N–H and O–H groups in total. The van der Waals surface area contributed by atoms with E-state index in [1.54, 1.807) is 19.1 Å². The molecule has 2 amide bonds. The third-order valence-corrected chi connectivity index (χ3v) is 6.98. The van der Waals surface area contributed by atoms with Crippen LogP contribution < -0.4 is 5.32 Å². The number of carbonyl (C=O) groups excluding carboxylic acids is 2. The van der Waals surface area contributed by atoms with Crippen LogP contribution in [-0.4, -0.2) is 38.6 Å². The van der Waals surface area contributed by atoms with E-state index in [1.807, 2.05) is 23.7 Å². The predicted molar refractivity (Wildman–Crippen MR) is 124 cm³/mol. The van der Waals surface area contributed by atoms with E-state index in [-0.39, 0.29) is 17.6 Å². The number of nitrogens with one attached hydrogen (secondary N) is 2. The average Bonchev–Trinajstić information content (AvgIpc) is 3.43. The molecule has 1 aliphatic heterocycles. The molecule has 1 atom stereocenters. The van der Waals surface area contributed by atoms with E-state index in [4.69, 9.17) is 12.2 Å². The van der Waals surface area contributed by atoms with Crippen molar-refractivity contribution >= 4 is 68.4 Å². The number of fused-ring (bicyclic) bond motifs is 1. The molecule has 0 spiro atoms. The fourth-order valence-corrected chi connectivity index (χ4v) is 5.40. The highest BCUT2D eigenvalue weighted by atomic mass is 32.2. The van der Waals surface area contributed by atoms with Crippen molar-refractivity contribution < 1.29 is 14.0 Å². The van der Waals surface area contributed by atoms with Gasteiger partial charge in [0, 0.05) is 28.5 Å². The van der Waals surface area contributed by atoms with Crippen molar-refractivity contribution in [2.24, 2.45) is 0 Å². The van der Waals surface area contributed by atoms with Gasteiger partial charge in [0.15, 0.2) is 0 Å². The number of hydrogen-bond donors (Lipinski definition) is 2. The second-order valence-electron chi connectivity index (χ2n) is 6.79. The van der Waals surface area contributed by atoms with Crippen LogP contribution in [-0.2, 0) is 16.0 Å². The minimum Gasteiger partial charge on any atom is -0.361 e. The van der Waals surface area contributed by atoms with Crippen molar-refractivity contribution in [1.29, 1.82) is 0 Å². The maximum Gasteiger partial charge on any atom is 0.266 e. The molecule has 1 aliphatic rings. The second-order valence-corrected chi connectivity index (χ2v) is 9.44. The van der Waals surface area contributed by atoms with Crippen LogP contribution in [0, 0.1) is 5.82 Å². The Hall–Kier alpha value is -2.49. The average molecular weight is 460 g/mol. The summed E-state index contributed by atoms with van der Waals surface area (Å²) >= 11 is 8.08. The number of hydrogen-bond acceptors (Lipinski definition) is 5. The summed E-state index contributed by atoms with van der Waals surface area (Å²) in [7, 11) is 0. The highest BCUT2D eigenvalue weighted by Gasteiger charge is 2.38. The first kappa shape index (κ1) is 20.8. The molecule has 2 aromatic heterocycles. The molecule has 1 saturated heterocycles. The monoisotopic (exact) mass is 459 g/mol. The van der Waals surface area contributed by atoms with Crippen LogP contribution in [0.3, 0.4) is 0 Å². The quantitative estimate of drug-likeness (QED) is 0.426. The summed E-state index contributed by atoms with van der Waals surface area (Å²) in [6, 6.07) is 7.69. The van der Waals surface area contributed by atoms with Crippen LogP contribution >= 0.6 is 35.3 Å². The summed E-state index contributed by atoms with van der Waals surface area (Å²) in [5.41, 5.74) is 1.77. The van der Waals surface area contributed by atoms with Crippen molar-refractivity contribution in [3.63, 3.8) is 0 Å². The Morgan fingerprint density at radius 2 is 2.23 bits per heavy atom. The maximum atomic E-state index is 13.5. The van der Waals surface area contributed by atoms with Crippen LogP contribution in [0.25, 0.3) is 17.0 Å². The summed E-state index contributed by atoms with van der Waals surface area (Å²) in [5, 5.41) is 5.59. The first-order valence-electron chi connectivity index (χ1n) is 9.28. The first-order chi connectivity index (χ1) is 14.4. The number of halogens is 1. The normalized spacial score (nSPS) is 16.6. The van der Waals surface area contributed by atoms with E-state index in [0.717, 1.165) is 21.3 Å². The molecule has 3 aromatic rings. The molecular weight excluding hydrogens is 441 g/mol. The van der Waals surface area contributed by atoms with Crippen LogP contribution in [0.1, 0.15) is 17.4 Å². The van der Waals surface area contributed by atoms with Crippen molar-refractivity contribution in [2.75, 3.05) is 6.54 Å². The lowest BCUT2D eigenvalue weighted by Crippen LogP contribution is -2.47. The number of thiocarbonyl (C=S) groups is 1. The maximum absolute atomic E-state index is 13.5. The molecular formula is C21H18FN3O2S3. The third-order valence-electron chi connectivity index (χ3n) is 4.83. The van der Waals surface area contributed by atoms with E-state index in [1.165, 1.54) is 40.1 Å². The predicted octanol–water partition coefficient (Wildman–Crippen LogP) is 4.32. The van der Waals surface area contributed by atoms with Crippen LogP contribution in [0.4, 0.5) is 4.39 Å². The zero-order valence-electron chi connectivity index (χ0n) is 16.0. The van der Waals surface area contributed by atoms with Gasteiger partial charge < -0.3 is 10.3 Å². The number of nitrogens with zero attached hydrogens (tertiary/aromatic N) is 1. The molecule has 4 rings (SSSR count). The van der Waals surface area contributed by atoms with E-state index in [2.05, 4.69) is 10.3 Å². The van der Waals surface area contributed by atoms with Gasteiger partial charge >= 0.3 is 0 Å². The summed E-state index contributed by atoms with van der Waals surface area (Å²) in [4.78, 5) is 31.3. The van der Waals surface area contributed by atoms with E-state index < -0.39 is 6.04 Å². The summed E-state index contributed by atoms with van der Waals surface area (Å²) in [6.45, 7) is 2.03. The fraction of sp³-hybridized carbons (Fsp3) is 0.190. The van der Waals surface area contributed by atoms with Crippen molar-refractivity contribution in [3.8, 4) is 0 Å². The van der Waals surface area contributed by atoms with E-state index >= 15 is 0 Å².